The molecular weight excluding hydrogens is 276 g/mol. The van der Waals surface area contributed by atoms with Crippen LogP contribution in [0.5, 0.6) is 11.5 Å². The van der Waals surface area contributed by atoms with E-state index in [2.05, 4.69) is 0 Å². The van der Waals surface area contributed by atoms with E-state index in [4.69, 9.17) is 0 Å². The Labute approximate surface area is 118 Å². The van der Waals surface area contributed by atoms with Crippen LogP contribution in [0, 0.1) is 20.8 Å². The van der Waals surface area contributed by atoms with Crippen molar-refractivity contribution in [3.05, 3.63) is 47.0 Å². The Morgan fingerprint density at radius 3 is 2.05 bits per heavy atom. The maximum Gasteiger partial charge on any atom is 0.210 e. The fourth-order valence-electron chi connectivity index (χ4n) is 2.08. The van der Waals surface area contributed by atoms with E-state index in [1.54, 1.807) is 32.9 Å². The molecule has 0 unspecified atom stereocenters. The third kappa shape index (κ3) is 2.36. The van der Waals surface area contributed by atoms with Crippen LogP contribution in [0.4, 0.5) is 0 Å². The number of aromatic hydroxyl groups is 2. The van der Waals surface area contributed by atoms with Crippen LogP contribution in [0.2, 0.25) is 0 Å². The zero-order valence-electron chi connectivity index (χ0n) is 11.5. The molecule has 0 aromatic heterocycles. The van der Waals surface area contributed by atoms with Crippen LogP contribution in [-0.2, 0) is 9.84 Å². The lowest BCUT2D eigenvalue weighted by Gasteiger charge is -2.11. The highest BCUT2D eigenvalue weighted by Crippen LogP contribution is 2.33. The number of phenolic OH excluding ortho intramolecular Hbond substituents is 2. The van der Waals surface area contributed by atoms with Crippen LogP contribution >= 0.6 is 0 Å². The van der Waals surface area contributed by atoms with Gasteiger partial charge in [-0.2, -0.15) is 0 Å². The quantitative estimate of drug-likeness (QED) is 0.892. The van der Waals surface area contributed by atoms with Crippen molar-refractivity contribution in [3.63, 3.8) is 0 Å². The van der Waals surface area contributed by atoms with Gasteiger partial charge in [-0.05, 0) is 55.7 Å². The molecule has 0 aliphatic rings. The van der Waals surface area contributed by atoms with Crippen molar-refractivity contribution in [1.82, 2.24) is 0 Å². The average molecular weight is 292 g/mol. The lowest BCUT2D eigenvalue weighted by molar-refractivity contribution is 0.457. The number of hydrogen-bond donors (Lipinski definition) is 2. The van der Waals surface area contributed by atoms with E-state index in [1.165, 1.54) is 18.2 Å². The van der Waals surface area contributed by atoms with E-state index in [0.717, 1.165) is 5.56 Å². The van der Waals surface area contributed by atoms with Gasteiger partial charge in [-0.1, -0.05) is 12.1 Å². The Bertz CT molecular complexity index is 777. The minimum Gasteiger partial charge on any atom is -0.508 e. The van der Waals surface area contributed by atoms with Crippen LogP contribution in [0.25, 0.3) is 0 Å². The van der Waals surface area contributed by atoms with Gasteiger partial charge in [-0.3, -0.25) is 0 Å². The third-order valence-corrected chi connectivity index (χ3v) is 5.13. The lowest BCUT2D eigenvalue weighted by Crippen LogP contribution is -2.05. The van der Waals surface area contributed by atoms with Gasteiger partial charge in [0.15, 0.2) is 0 Å². The van der Waals surface area contributed by atoms with E-state index in [1.807, 2.05) is 0 Å². The molecule has 0 atom stereocenters. The molecule has 0 heterocycles. The van der Waals surface area contributed by atoms with Gasteiger partial charge in [0.25, 0.3) is 0 Å². The van der Waals surface area contributed by atoms with Gasteiger partial charge in [0.05, 0.1) is 4.90 Å². The first-order valence-corrected chi connectivity index (χ1v) is 7.56. The fourth-order valence-corrected chi connectivity index (χ4v) is 3.65. The SMILES string of the molecule is Cc1ccc(S(=O)(=O)c2cc(O)c(C)cc2C)c(O)c1. The van der Waals surface area contributed by atoms with Gasteiger partial charge < -0.3 is 10.2 Å². The first-order valence-electron chi connectivity index (χ1n) is 6.08. The van der Waals surface area contributed by atoms with Gasteiger partial charge in [0.2, 0.25) is 9.84 Å². The molecule has 0 aliphatic heterocycles. The maximum absolute atomic E-state index is 12.6. The predicted octanol–water partition coefficient (Wildman–Crippen LogP) is 2.86. The van der Waals surface area contributed by atoms with Crippen LogP contribution in [-0.4, -0.2) is 18.6 Å². The summed E-state index contributed by atoms with van der Waals surface area (Å²) in [6.45, 7) is 5.12. The zero-order valence-corrected chi connectivity index (χ0v) is 12.3. The van der Waals surface area contributed by atoms with Crippen molar-refractivity contribution in [2.75, 3.05) is 0 Å². The molecule has 2 aromatic rings. The second-order valence-electron chi connectivity index (χ2n) is 4.88. The molecule has 0 fully saturated rings. The van der Waals surface area contributed by atoms with Gasteiger partial charge in [-0.25, -0.2) is 8.42 Å². The Kier molecular flexibility index (Phi) is 3.48. The van der Waals surface area contributed by atoms with Crippen molar-refractivity contribution in [1.29, 1.82) is 0 Å². The van der Waals surface area contributed by atoms with Gasteiger partial charge in [0, 0.05) is 0 Å². The van der Waals surface area contributed by atoms with Crippen molar-refractivity contribution in [2.24, 2.45) is 0 Å². The number of sulfone groups is 1. The van der Waals surface area contributed by atoms with E-state index >= 15 is 0 Å². The van der Waals surface area contributed by atoms with Crippen molar-refractivity contribution in [3.8, 4) is 11.5 Å². The summed E-state index contributed by atoms with van der Waals surface area (Å²) in [5.74, 6) is -0.370. The summed E-state index contributed by atoms with van der Waals surface area (Å²) in [5, 5.41) is 19.6. The van der Waals surface area contributed by atoms with Crippen LogP contribution in [0.3, 0.4) is 0 Å². The van der Waals surface area contributed by atoms with Crippen LogP contribution < -0.4 is 0 Å². The molecular formula is C15H16O4S. The normalized spacial score (nSPS) is 11.6. The highest BCUT2D eigenvalue weighted by molar-refractivity contribution is 7.91. The zero-order chi connectivity index (χ0) is 15.1. The molecule has 0 radical (unpaired) electrons. The number of rotatable bonds is 2. The molecule has 106 valence electrons. The van der Waals surface area contributed by atoms with Crippen molar-refractivity contribution in [2.45, 2.75) is 30.6 Å². The number of phenols is 2. The molecule has 0 saturated carbocycles. The van der Waals surface area contributed by atoms with Gasteiger partial charge >= 0.3 is 0 Å². The molecule has 0 amide bonds. The Morgan fingerprint density at radius 2 is 1.45 bits per heavy atom. The fraction of sp³-hybridized carbons (Fsp3) is 0.200. The maximum atomic E-state index is 12.6. The molecule has 20 heavy (non-hydrogen) atoms. The van der Waals surface area contributed by atoms with Crippen LogP contribution in [0.15, 0.2) is 40.1 Å². The van der Waals surface area contributed by atoms with Gasteiger partial charge in [-0.15, -0.1) is 0 Å². The second-order valence-corrected chi connectivity index (χ2v) is 6.77. The summed E-state index contributed by atoms with van der Waals surface area (Å²) >= 11 is 0. The number of aryl methyl sites for hydroxylation is 3. The van der Waals surface area contributed by atoms with E-state index in [0.29, 0.717) is 11.1 Å². The first kappa shape index (κ1) is 14.4. The highest BCUT2D eigenvalue weighted by Gasteiger charge is 2.24. The van der Waals surface area contributed by atoms with Crippen molar-refractivity contribution < 1.29 is 18.6 Å². The highest BCUT2D eigenvalue weighted by atomic mass is 32.2. The summed E-state index contributed by atoms with van der Waals surface area (Å²) < 4.78 is 25.2. The molecule has 0 spiro atoms. The third-order valence-electron chi connectivity index (χ3n) is 3.19. The topological polar surface area (TPSA) is 74.6 Å². The molecule has 0 bridgehead atoms. The minimum absolute atomic E-state index is 0.000229. The standard InChI is InChI=1S/C15H16O4S/c1-9-4-5-14(13(17)6-9)20(18,19)15-8-12(16)10(2)7-11(15)3/h4-8,16-17H,1-3H3. The van der Waals surface area contributed by atoms with Gasteiger partial charge in [0.1, 0.15) is 16.4 Å². The van der Waals surface area contributed by atoms with Crippen LogP contribution in [0.1, 0.15) is 16.7 Å². The molecule has 0 saturated heterocycles. The molecule has 5 heteroatoms. The average Bonchev–Trinajstić information content (AvgIpc) is 2.33. The monoisotopic (exact) mass is 292 g/mol. The Morgan fingerprint density at radius 1 is 0.800 bits per heavy atom. The largest absolute Gasteiger partial charge is 0.508 e. The summed E-state index contributed by atoms with van der Waals surface area (Å²) in [4.78, 5) is -0.158. The molecule has 2 rings (SSSR count). The summed E-state index contributed by atoms with van der Waals surface area (Å²) in [7, 11) is -3.87. The molecule has 4 nitrogen and oxygen atoms in total. The molecule has 0 aliphatic carbocycles. The Hall–Kier alpha value is -2.01. The lowest BCUT2D eigenvalue weighted by atomic mass is 10.1. The second kappa shape index (κ2) is 4.83. The van der Waals surface area contributed by atoms with E-state index in [-0.39, 0.29) is 21.3 Å². The number of hydrogen-bond acceptors (Lipinski definition) is 4. The van der Waals surface area contributed by atoms with Crippen molar-refractivity contribution >= 4 is 9.84 Å². The summed E-state index contributed by atoms with van der Waals surface area (Å²) in [6, 6.07) is 7.22. The summed E-state index contributed by atoms with van der Waals surface area (Å²) in [6.07, 6.45) is 0. The summed E-state index contributed by atoms with van der Waals surface area (Å²) in [5.41, 5.74) is 1.90. The Balaban J connectivity index is 2.70. The number of benzene rings is 2. The predicted molar refractivity (Wildman–Crippen MR) is 75.9 cm³/mol. The minimum atomic E-state index is -3.87. The van der Waals surface area contributed by atoms with E-state index in [9.17, 15) is 18.6 Å². The smallest absolute Gasteiger partial charge is 0.210 e. The van der Waals surface area contributed by atoms with E-state index < -0.39 is 9.84 Å². The first-order chi connectivity index (χ1) is 9.23. The molecule has 2 aromatic carbocycles. The molecule has 2 N–H and O–H groups in total.